The summed E-state index contributed by atoms with van der Waals surface area (Å²) in [7, 11) is 0. The first-order valence-electron chi connectivity index (χ1n) is 6.52. The molecule has 106 valence electrons. The van der Waals surface area contributed by atoms with Crippen molar-refractivity contribution in [3.05, 3.63) is 64.1 Å². The van der Waals surface area contributed by atoms with E-state index in [4.69, 9.17) is 15.2 Å². The zero-order chi connectivity index (χ0) is 14.2. The van der Waals surface area contributed by atoms with E-state index in [1.807, 2.05) is 48.5 Å². The summed E-state index contributed by atoms with van der Waals surface area (Å²) in [5.74, 6) is 0.840. The van der Waals surface area contributed by atoms with E-state index >= 15 is 0 Å². The number of nitrogens with two attached hydrogens (primary N) is 1. The van der Waals surface area contributed by atoms with Crippen LogP contribution in [0.4, 0.5) is 0 Å². The molecule has 0 saturated carbocycles. The van der Waals surface area contributed by atoms with Crippen LogP contribution in [0.15, 0.2) is 53.0 Å². The van der Waals surface area contributed by atoms with Gasteiger partial charge in [-0.2, -0.15) is 0 Å². The van der Waals surface area contributed by atoms with Crippen molar-refractivity contribution in [2.45, 2.75) is 13.2 Å². The minimum Gasteiger partial charge on any atom is -0.491 e. The lowest BCUT2D eigenvalue weighted by Gasteiger charge is -2.08. The van der Waals surface area contributed by atoms with Gasteiger partial charge in [0.25, 0.3) is 0 Å². The highest BCUT2D eigenvalue weighted by atomic mass is 79.9. The molecule has 2 aromatic carbocycles. The van der Waals surface area contributed by atoms with Crippen LogP contribution in [-0.4, -0.2) is 13.2 Å². The Morgan fingerprint density at radius 3 is 2.40 bits per heavy atom. The van der Waals surface area contributed by atoms with Gasteiger partial charge >= 0.3 is 0 Å². The van der Waals surface area contributed by atoms with Gasteiger partial charge in [-0.3, -0.25) is 0 Å². The molecule has 0 atom stereocenters. The second-order valence-electron chi connectivity index (χ2n) is 4.34. The molecule has 0 aliphatic rings. The van der Waals surface area contributed by atoms with Crippen molar-refractivity contribution < 1.29 is 9.47 Å². The minimum atomic E-state index is 0.534. The van der Waals surface area contributed by atoms with Crippen molar-refractivity contribution in [3.8, 4) is 5.75 Å². The third kappa shape index (κ3) is 4.63. The maximum Gasteiger partial charge on any atom is 0.119 e. The highest BCUT2D eigenvalue weighted by Gasteiger charge is 1.99. The molecule has 0 unspecified atom stereocenters. The van der Waals surface area contributed by atoms with Crippen LogP contribution in [0, 0.1) is 0 Å². The molecule has 2 N–H and O–H groups in total. The first-order valence-corrected chi connectivity index (χ1v) is 7.32. The number of halogens is 1. The first kappa shape index (κ1) is 15.0. The predicted molar refractivity (Wildman–Crippen MR) is 83.6 cm³/mol. The van der Waals surface area contributed by atoms with E-state index in [9.17, 15) is 0 Å². The lowest BCUT2D eigenvalue weighted by atomic mass is 10.2. The van der Waals surface area contributed by atoms with Crippen molar-refractivity contribution in [3.63, 3.8) is 0 Å². The number of benzene rings is 2. The standard InChI is InChI=1S/C16H18BrNO2/c17-16-4-2-1-3-14(16)12-19-9-10-20-15-7-5-13(11-18)6-8-15/h1-8H,9-12,18H2. The van der Waals surface area contributed by atoms with Crippen LogP contribution in [0.3, 0.4) is 0 Å². The Kier molecular flexibility index (Phi) is 6.05. The average molecular weight is 336 g/mol. The summed E-state index contributed by atoms with van der Waals surface area (Å²) in [4.78, 5) is 0. The van der Waals surface area contributed by atoms with Crippen LogP contribution in [0.1, 0.15) is 11.1 Å². The fourth-order valence-corrected chi connectivity index (χ4v) is 2.14. The monoisotopic (exact) mass is 335 g/mol. The molecule has 20 heavy (non-hydrogen) atoms. The van der Waals surface area contributed by atoms with Crippen molar-refractivity contribution in [1.82, 2.24) is 0 Å². The Hall–Kier alpha value is -1.36. The van der Waals surface area contributed by atoms with E-state index in [-0.39, 0.29) is 0 Å². The summed E-state index contributed by atoms with van der Waals surface area (Å²) in [6, 6.07) is 15.8. The number of hydrogen-bond acceptors (Lipinski definition) is 3. The van der Waals surface area contributed by atoms with Gasteiger partial charge in [-0.25, -0.2) is 0 Å². The Bertz CT molecular complexity index is 528. The molecule has 2 aromatic rings. The van der Waals surface area contributed by atoms with Crippen LogP contribution in [0.2, 0.25) is 0 Å². The average Bonchev–Trinajstić information content (AvgIpc) is 2.49. The van der Waals surface area contributed by atoms with Crippen molar-refractivity contribution in [2.75, 3.05) is 13.2 Å². The SMILES string of the molecule is NCc1ccc(OCCOCc2ccccc2Br)cc1. The summed E-state index contributed by atoms with van der Waals surface area (Å²) in [5.41, 5.74) is 7.78. The van der Waals surface area contributed by atoms with Gasteiger partial charge in [-0.15, -0.1) is 0 Å². The molecule has 0 fully saturated rings. The lowest BCUT2D eigenvalue weighted by Crippen LogP contribution is -2.07. The molecule has 0 aromatic heterocycles. The summed E-state index contributed by atoms with van der Waals surface area (Å²) < 4.78 is 12.3. The van der Waals surface area contributed by atoms with Crippen molar-refractivity contribution in [2.24, 2.45) is 5.73 Å². The summed E-state index contributed by atoms with van der Waals surface area (Å²) in [6.07, 6.45) is 0. The van der Waals surface area contributed by atoms with E-state index in [1.165, 1.54) is 0 Å². The Morgan fingerprint density at radius 2 is 1.70 bits per heavy atom. The van der Waals surface area contributed by atoms with Gasteiger partial charge in [0.1, 0.15) is 12.4 Å². The topological polar surface area (TPSA) is 44.5 Å². The van der Waals surface area contributed by atoms with Crippen LogP contribution in [0.5, 0.6) is 5.75 Å². The molecular formula is C16H18BrNO2. The zero-order valence-electron chi connectivity index (χ0n) is 11.2. The molecule has 0 aliphatic heterocycles. The summed E-state index contributed by atoms with van der Waals surface area (Å²) >= 11 is 3.49. The smallest absolute Gasteiger partial charge is 0.119 e. The van der Waals surface area contributed by atoms with Gasteiger partial charge < -0.3 is 15.2 Å². The van der Waals surface area contributed by atoms with E-state index in [2.05, 4.69) is 15.9 Å². The largest absolute Gasteiger partial charge is 0.491 e. The maximum absolute atomic E-state index is 5.60. The third-order valence-electron chi connectivity index (χ3n) is 2.87. The quantitative estimate of drug-likeness (QED) is 0.787. The predicted octanol–water partition coefficient (Wildman–Crippen LogP) is 3.50. The highest BCUT2D eigenvalue weighted by Crippen LogP contribution is 2.16. The molecule has 0 saturated heterocycles. The Labute approximate surface area is 127 Å². The summed E-state index contributed by atoms with van der Waals surface area (Å²) in [5, 5.41) is 0. The molecule has 2 rings (SSSR count). The second-order valence-corrected chi connectivity index (χ2v) is 5.19. The van der Waals surface area contributed by atoms with Crippen molar-refractivity contribution in [1.29, 1.82) is 0 Å². The third-order valence-corrected chi connectivity index (χ3v) is 3.64. The summed E-state index contributed by atoms with van der Waals surface area (Å²) in [6.45, 7) is 2.22. The van der Waals surface area contributed by atoms with Gasteiger partial charge in [0, 0.05) is 11.0 Å². The van der Waals surface area contributed by atoms with Crippen LogP contribution >= 0.6 is 15.9 Å². The Morgan fingerprint density at radius 1 is 0.950 bits per heavy atom. The van der Waals surface area contributed by atoms with Gasteiger partial charge in [-0.1, -0.05) is 46.3 Å². The first-order chi connectivity index (χ1) is 9.79. The van der Waals surface area contributed by atoms with Crippen molar-refractivity contribution >= 4 is 15.9 Å². The van der Waals surface area contributed by atoms with E-state index in [0.29, 0.717) is 26.4 Å². The molecule has 0 bridgehead atoms. The van der Waals surface area contributed by atoms with Gasteiger partial charge in [0.05, 0.1) is 13.2 Å². The second kappa shape index (κ2) is 8.04. The van der Waals surface area contributed by atoms with Crippen LogP contribution in [-0.2, 0) is 17.9 Å². The minimum absolute atomic E-state index is 0.534. The number of ether oxygens (including phenoxy) is 2. The molecule has 0 amide bonds. The van der Waals surface area contributed by atoms with E-state index in [1.54, 1.807) is 0 Å². The lowest BCUT2D eigenvalue weighted by molar-refractivity contribution is 0.0886. The number of hydrogen-bond donors (Lipinski definition) is 1. The maximum atomic E-state index is 5.60. The number of rotatable bonds is 7. The van der Waals surface area contributed by atoms with Crippen LogP contribution < -0.4 is 10.5 Å². The molecular weight excluding hydrogens is 318 g/mol. The molecule has 0 spiro atoms. The molecule has 0 radical (unpaired) electrons. The van der Waals surface area contributed by atoms with E-state index < -0.39 is 0 Å². The zero-order valence-corrected chi connectivity index (χ0v) is 12.8. The molecule has 0 aliphatic carbocycles. The normalized spacial score (nSPS) is 10.5. The van der Waals surface area contributed by atoms with Gasteiger partial charge in [0.2, 0.25) is 0 Å². The fraction of sp³-hybridized carbons (Fsp3) is 0.250. The molecule has 4 heteroatoms. The van der Waals surface area contributed by atoms with Crippen LogP contribution in [0.25, 0.3) is 0 Å². The van der Waals surface area contributed by atoms with E-state index in [0.717, 1.165) is 21.3 Å². The molecule has 3 nitrogen and oxygen atoms in total. The highest BCUT2D eigenvalue weighted by molar-refractivity contribution is 9.10. The Balaban J connectivity index is 1.67. The molecule has 0 heterocycles. The fourth-order valence-electron chi connectivity index (χ4n) is 1.74. The van der Waals surface area contributed by atoms with Gasteiger partial charge in [0.15, 0.2) is 0 Å². The van der Waals surface area contributed by atoms with Gasteiger partial charge in [-0.05, 0) is 29.3 Å².